The van der Waals surface area contributed by atoms with Gasteiger partial charge in [0.2, 0.25) is 0 Å². The van der Waals surface area contributed by atoms with E-state index in [9.17, 15) is 0 Å². The molecule has 0 bridgehead atoms. The lowest BCUT2D eigenvalue weighted by atomic mass is 10.1. The number of nitrogens with one attached hydrogen (secondary N) is 1. The molecular formula is C16H28N2S2. The standard InChI is InChI=1S/C16H28N2S2/c1-13-14(12-18-6-5-8-19-9-7-18)10-15(20-13)11-17-16(2,3)4/h10,17H,5-9,11-12H2,1-4H3. The normalized spacial score (nSPS) is 18.2. The van der Waals surface area contributed by atoms with E-state index in [1.807, 2.05) is 11.3 Å². The fourth-order valence-electron chi connectivity index (χ4n) is 2.38. The molecule has 1 aliphatic heterocycles. The molecule has 114 valence electrons. The molecule has 0 aliphatic carbocycles. The van der Waals surface area contributed by atoms with E-state index in [1.54, 1.807) is 0 Å². The highest BCUT2D eigenvalue weighted by atomic mass is 32.2. The van der Waals surface area contributed by atoms with Crippen molar-refractivity contribution in [3.05, 3.63) is 21.4 Å². The van der Waals surface area contributed by atoms with E-state index in [4.69, 9.17) is 0 Å². The van der Waals surface area contributed by atoms with Crippen LogP contribution in [-0.2, 0) is 13.1 Å². The molecule has 1 N–H and O–H groups in total. The summed E-state index contributed by atoms with van der Waals surface area (Å²) in [6.07, 6.45) is 1.34. The van der Waals surface area contributed by atoms with Gasteiger partial charge in [0.1, 0.15) is 0 Å². The van der Waals surface area contributed by atoms with Crippen LogP contribution < -0.4 is 5.32 Å². The molecule has 1 aromatic heterocycles. The number of thioether (sulfide) groups is 1. The highest BCUT2D eigenvalue weighted by molar-refractivity contribution is 7.99. The summed E-state index contributed by atoms with van der Waals surface area (Å²) < 4.78 is 0. The van der Waals surface area contributed by atoms with Gasteiger partial charge >= 0.3 is 0 Å². The van der Waals surface area contributed by atoms with Crippen LogP contribution in [-0.4, -0.2) is 35.0 Å². The third kappa shape index (κ3) is 5.40. The van der Waals surface area contributed by atoms with E-state index >= 15 is 0 Å². The molecule has 20 heavy (non-hydrogen) atoms. The van der Waals surface area contributed by atoms with Gasteiger partial charge in [0.05, 0.1) is 0 Å². The monoisotopic (exact) mass is 312 g/mol. The molecule has 0 atom stereocenters. The molecule has 4 heteroatoms. The van der Waals surface area contributed by atoms with Crippen molar-refractivity contribution in [2.45, 2.75) is 52.7 Å². The lowest BCUT2D eigenvalue weighted by Gasteiger charge is -2.20. The summed E-state index contributed by atoms with van der Waals surface area (Å²) in [6.45, 7) is 13.6. The van der Waals surface area contributed by atoms with Gasteiger partial charge in [-0.05, 0) is 58.0 Å². The van der Waals surface area contributed by atoms with Crippen molar-refractivity contribution in [2.75, 3.05) is 24.6 Å². The smallest absolute Gasteiger partial charge is 0.0304 e. The van der Waals surface area contributed by atoms with E-state index < -0.39 is 0 Å². The van der Waals surface area contributed by atoms with Crippen LogP contribution >= 0.6 is 23.1 Å². The Bertz CT molecular complexity index is 413. The molecule has 1 aromatic rings. The summed E-state index contributed by atoms with van der Waals surface area (Å²) in [5.41, 5.74) is 1.73. The Hall–Kier alpha value is -0.0300. The number of hydrogen-bond acceptors (Lipinski definition) is 4. The molecule has 2 rings (SSSR count). The summed E-state index contributed by atoms with van der Waals surface area (Å²) >= 11 is 4.06. The Balaban J connectivity index is 1.92. The Labute approximate surface area is 132 Å². The van der Waals surface area contributed by atoms with Crippen molar-refractivity contribution >= 4 is 23.1 Å². The Morgan fingerprint density at radius 3 is 2.80 bits per heavy atom. The summed E-state index contributed by atoms with van der Waals surface area (Å²) in [7, 11) is 0. The second-order valence-electron chi connectivity index (χ2n) is 6.64. The molecule has 2 nitrogen and oxygen atoms in total. The average Bonchev–Trinajstić information content (AvgIpc) is 2.57. The van der Waals surface area contributed by atoms with Crippen LogP contribution in [0.25, 0.3) is 0 Å². The van der Waals surface area contributed by atoms with Gasteiger partial charge in [0, 0.05) is 40.7 Å². The molecular weight excluding hydrogens is 284 g/mol. The number of nitrogens with zero attached hydrogens (tertiary/aromatic N) is 1. The molecule has 0 saturated carbocycles. The van der Waals surface area contributed by atoms with Crippen LogP contribution in [0.4, 0.5) is 0 Å². The first-order valence-electron chi connectivity index (χ1n) is 7.57. The van der Waals surface area contributed by atoms with Crippen LogP contribution in [0.15, 0.2) is 6.07 Å². The molecule has 0 radical (unpaired) electrons. The molecule has 1 fully saturated rings. The Kier molecular flexibility index (Phi) is 5.96. The zero-order valence-corrected chi connectivity index (χ0v) is 14.9. The van der Waals surface area contributed by atoms with Crippen LogP contribution in [0.3, 0.4) is 0 Å². The van der Waals surface area contributed by atoms with Gasteiger partial charge in [0.25, 0.3) is 0 Å². The number of rotatable bonds is 4. The Morgan fingerprint density at radius 2 is 2.05 bits per heavy atom. The molecule has 1 saturated heterocycles. The van der Waals surface area contributed by atoms with Crippen molar-refractivity contribution in [3.63, 3.8) is 0 Å². The van der Waals surface area contributed by atoms with Gasteiger partial charge in [-0.1, -0.05) is 0 Å². The first-order valence-corrected chi connectivity index (χ1v) is 9.54. The topological polar surface area (TPSA) is 15.3 Å². The lowest BCUT2D eigenvalue weighted by Crippen LogP contribution is -2.34. The van der Waals surface area contributed by atoms with Gasteiger partial charge in [-0.25, -0.2) is 0 Å². The molecule has 0 amide bonds. The molecule has 1 aliphatic rings. The average molecular weight is 313 g/mol. The second-order valence-corrected chi connectivity index (χ2v) is 9.21. The van der Waals surface area contributed by atoms with Gasteiger partial charge in [-0.2, -0.15) is 11.8 Å². The summed E-state index contributed by atoms with van der Waals surface area (Å²) in [6, 6.07) is 2.41. The summed E-state index contributed by atoms with van der Waals surface area (Å²) in [4.78, 5) is 5.58. The van der Waals surface area contributed by atoms with Gasteiger partial charge in [-0.3, -0.25) is 4.90 Å². The highest BCUT2D eigenvalue weighted by Crippen LogP contribution is 2.24. The quantitative estimate of drug-likeness (QED) is 0.908. The van der Waals surface area contributed by atoms with E-state index in [2.05, 4.69) is 55.7 Å². The third-order valence-corrected chi connectivity index (χ3v) is 5.71. The van der Waals surface area contributed by atoms with E-state index in [-0.39, 0.29) is 5.54 Å². The van der Waals surface area contributed by atoms with Crippen LogP contribution in [0.5, 0.6) is 0 Å². The van der Waals surface area contributed by atoms with Crippen LogP contribution in [0.2, 0.25) is 0 Å². The molecule has 0 aromatic carbocycles. The number of hydrogen-bond donors (Lipinski definition) is 1. The maximum atomic E-state index is 3.59. The van der Waals surface area contributed by atoms with Crippen LogP contribution in [0, 0.1) is 6.92 Å². The Morgan fingerprint density at radius 1 is 1.25 bits per heavy atom. The van der Waals surface area contributed by atoms with E-state index in [0.29, 0.717) is 0 Å². The fourth-order valence-corrected chi connectivity index (χ4v) is 4.30. The lowest BCUT2D eigenvalue weighted by molar-refractivity contribution is 0.287. The predicted octanol–water partition coefficient (Wildman–Crippen LogP) is 3.88. The van der Waals surface area contributed by atoms with Crippen molar-refractivity contribution in [1.82, 2.24) is 10.2 Å². The predicted molar refractivity (Wildman–Crippen MR) is 92.9 cm³/mol. The van der Waals surface area contributed by atoms with Crippen molar-refractivity contribution in [1.29, 1.82) is 0 Å². The maximum absolute atomic E-state index is 3.59. The zero-order chi connectivity index (χ0) is 14.6. The molecule has 2 heterocycles. The minimum atomic E-state index is 0.195. The van der Waals surface area contributed by atoms with Gasteiger partial charge < -0.3 is 5.32 Å². The molecule has 0 spiro atoms. The second kappa shape index (κ2) is 7.30. The number of aryl methyl sites for hydroxylation is 1. The SMILES string of the molecule is Cc1sc(CNC(C)(C)C)cc1CN1CCCSCC1. The van der Waals surface area contributed by atoms with Crippen LogP contribution in [0.1, 0.15) is 42.5 Å². The fraction of sp³-hybridized carbons (Fsp3) is 0.750. The third-order valence-electron chi connectivity index (χ3n) is 3.57. The van der Waals surface area contributed by atoms with E-state index in [1.165, 1.54) is 46.3 Å². The minimum absolute atomic E-state index is 0.195. The first-order chi connectivity index (χ1) is 9.44. The van der Waals surface area contributed by atoms with Crippen molar-refractivity contribution in [2.24, 2.45) is 0 Å². The maximum Gasteiger partial charge on any atom is 0.0304 e. The van der Waals surface area contributed by atoms with Gasteiger partial charge in [-0.15, -0.1) is 11.3 Å². The first kappa shape index (κ1) is 16.3. The summed E-state index contributed by atoms with van der Waals surface area (Å²) in [5.74, 6) is 2.63. The van der Waals surface area contributed by atoms with Gasteiger partial charge in [0.15, 0.2) is 0 Å². The zero-order valence-electron chi connectivity index (χ0n) is 13.3. The summed E-state index contributed by atoms with van der Waals surface area (Å²) in [5, 5.41) is 3.59. The number of thiophene rings is 1. The van der Waals surface area contributed by atoms with Crippen molar-refractivity contribution < 1.29 is 0 Å². The minimum Gasteiger partial charge on any atom is -0.307 e. The van der Waals surface area contributed by atoms with Crippen molar-refractivity contribution in [3.8, 4) is 0 Å². The van der Waals surface area contributed by atoms with E-state index in [0.717, 1.165) is 13.1 Å². The largest absolute Gasteiger partial charge is 0.307 e. The molecule has 0 unspecified atom stereocenters. The highest BCUT2D eigenvalue weighted by Gasteiger charge is 2.14.